The van der Waals surface area contributed by atoms with E-state index in [1.54, 1.807) is 11.6 Å². The summed E-state index contributed by atoms with van der Waals surface area (Å²) < 4.78 is 25.4. The van der Waals surface area contributed by atoms with E-state index in [9.17, 15) is 13.2 Å². The van der Waals surface area contributed by atoms with Crippen LogP contribution < -0.4 is 5.32 Å². The van der Waals surface area contributed by atoms with Gasteiger partial charge in [0.1, 0.15) is 0 Å². The van der Waals surface area contributed by atoms with Gasteiger partial charge in [0.05, 0.1) is 15.4 Å². The van der Waals surface area contributed by atoms with Crippen molar-refractivity contribution >= 4 is 55.2 Å². The van der Waals surface area contributed by atoms with Crippen LogP contribution in [0.4, 0.5) is 5.13 Å². The average Bonchev–Trinajstić information content (AvgIpc) is 3.19. The van der Waals surface area contributed by atoms with Crippen molar-refractivity contribution in [1.82, 2.24) is 4.98 Å². The van der Waals surface area contributed by atoms with Crippen molar-refractivity contribution in [3.63, 3.8) is 0 Å². The molecule has 23 heavy (non-hydrogen) atoms. The zero-order valence-electron chi connectivity index (χ0n) is 11.4. The number of nitrogens with zero attached hydrogens (tertiary/aromatic N) is 1. The number of nitrogens with one attached hydrogen (secondary N) is 1. The first kappa shape index (κ1) is 16.1. The Labute approximate surface area is 145 Å². The van der Waals surface area contributed by atoms with Crippen molar-refractivity contribution in [2.75, 3.05) is 5.32 Å². The Morgan fingerprint density at radius 1 is 1.17 bits per heavy atom. The van der Waals surface area contributed by atoms with Crippen LogP contribution in [0.3, 0.4) is 0 Å². The first-order valence-electron chi connectivity index (χ1n) is 6.26. The molecule has 0 aliphatic carbocycles. The summed E-state index contributed by atoms with van der Waals surface area (Å²) in [6, 6.07) is 5.82. The second-order valence-electron chi connectivity index (χ2n) is 4.40. The molecule has 0 saturated heterocycles. The topological polar surface area (TPSA) is 76.1 Å². The lowest BCUT2D eigenvalue weighted by Gasteiger charge is -2.06. The minimum absolute atomic E-state index is 0.0288. The molecule has 0 aliphatic rings. The van der Waals surface area contributed by atoms with Gasteiger partial charge >= 0.3 is 0 Å². The van der Waals surface area contributed by atoms with E-state index >= 15 is 0 Å². The van der Waals surface area contributed by atoms with E-state index in [2.05, 4.69) is 10.3 Å². The highest BCUT2D eigenvalue weighted by Crippen LogP contribution is 2.28. The Hall–Kier alpha value is -1.74. The molecule has 2 aromatic heterocycles. The number of halogens is 1. The Bertz CT molecular complexity index is 932. The van der Waals surface area contributed by atoms with Gasteiger partial charge in [0.25, 0.3) is 5.91 Å². The molecule has 9 heteroatoms. The summed E-state index contributed by atoms with van der Waals surface area (Å²) >= 11 is 8.19. The zero-order valence-corrected chi connectivity index (χ0v) is 14.6. The number of aromatic nitrogens is 1. The summed E-state index contributed by atoms with van der Waals surface area (Å²) in [5.41, 5.74) is 0.0974. The van der Waals surface area contributed by atoms with Crippen LogP contribution in [-0.4, -0.2) is 19.3 Å². The number of carbonyl (C=O) groups excluding carboxylic acids is 1. The highest BCUT2D eigenvalue weighted by Gasteiger charge is 2.25. The van der Waals surface area contributed by atoms with E-state index in [0.717, 1.165) is 11.3 Å². The van der Waals surface area contributed by atoms with Crippen molar-refractivity contribution in [1.29, 1.82) is 0 Å². The molecule has 0 atom stereocenters. The van der Waals surface area contributed by atoms with Crippen LogP contribution in [0.5, 0.6) is 0 Å². The first-order chi connectivity index (χ1) is 11.0. The molecule has 1 N–H and O–H groups in total. The van der Waals surface area contributed by atoms with Gasteiger partial charge < -0.3 is 0 Å². The van der Waals surface area contributed by atoms with Crippen LogP contribution >= 0.6 is 34.3 Å². The van der Waals surface area contributed by atoms with Gasteiger partial charge in [0.2, 0.25) is 9.84 Å². The number of thiophene rings is 1. The van der Waals surface area contributed by atoms with E-state index in [1.165, 1.54) is 46.4 Å². The summed E-state index contributed by atoms with van der Waals surface area (Å²) in [6.07, 6.45) is 1.55. The third-order valence-corrected chi connectivity index (χ3v) is 6.58. The van der Waals surface area contributed by atoms with E-state index in [-0.39, 0.29) is 15.4 Å². The molecule has 0 fully saturated rings. The van der Waals surface area contributed by atoms with Gasteiger partial charge in [-0.15, -0.1) is 11.3 Å². The summed E-state index contributed by atoms with van der Waals surface area (Å²) in [5, 5.41) is 8.11. The smallest absolute Gasteiger partial charge is 0.259 e. The van der Waals surface area contributed by atoms with Gasteiger partial charge in [0.15, 0.2) is 5.13 Å². The van der Waals surface area contributed by atoms with E-state index in [1.807, 2.05) is 0 Å². The zero-order chi connectivity index (χ0) is 16.4. The summed E-state index contributed by atoms with van der Waals surface area (Å²) in [6.45, 7) is 0. The van der Waals surface area contributed by atoms with Crippen molar-refractivity contribution in [2.45, 2.75) is 9.79 Å². The normalized spacial score (nSPS) is 11.3. The van der Waals surface area contributed by atoms with Crippen molar-refractivity contribution in [3.05, 3.63) is 57.2 Å². The second kappa shape index (κ2) is 6.40. The van der Waals surface area contributed by atoms with Gasteiger partial charge in [-0.3, -0.25) is 10.1 Å². The number of hydrogen-bond acceptors (Lipinski definition) is 6. The van der Waals surface area contributed by atoms with Gasteiger partial charge in [0, 0.05) is 27.4 Å². The lowest BCUT2D eigenvalue weighted by atomic mass is 10.3. The lowest BCUT2D eigenvalue weighted by molar-refractivity contribution is 0.102. The summed E-state index contributed by atoms with van der Waals surface area (Å²) in [4.78, 5) is 16.3. The molecule has 1 aromatic carbocycles. The highest BCUT2D eigenvalue weighted by atomic mass is 35.5. The third-order valence-electron chi connectivity index (χ3n) is 2.94. The molecular weight excluding hydrogens is 376 g/mol. The van der Waals surface area contributed by atoms with Gasteiger partial charge in [-0.2, -0.15) is 11.3 Å². The van der Waals surface area contributed by atoms with Crippen LogP contribution in [-0.2, 0) is 9.84 Å². The molecule has 0 radical (unpaired) electrons. The maximum Gasteiger partial charge on any atom is 0.259 e. The second-order valence-corrected chi connectivity index (χ2v) is 8.39. The summed E-state index contributed by atoms with van der Waals surface area (Å²) in [7, 11) is -3.79. The van der Waals surface area contributed by atoms with Crippen LogP contribution in [0.1, 0.15) is 10.4 Å². The maximum absolute atomic E-state index is 12.7. The van der Waals surface area contributed by atoms with Gasteiger partial charge in [-0.05, 0) is 24.3 Å². The molecule has 0 bridgehead atoms. The molecule has 3 rings (SSSR count). The number of sulfone groups is 1. The van der Waals surface area contributed by atoms with Crippen LogP contribution in [0.25, 0.3) is 0 Å². The summed E-state index contributed by atoms with van der Waals surface area (Å²) in [5.74, 6) is -0.506. The minimum atomic E-state index is -3.79. The minimum Gasteiger partial charge on any atom is -0.298 e. The van der Waals surface area contributed by atoms with E-state index < -0.39 is 15.7 Å². The predicted molar refractivity (Wildman–Crippen MR) is 91.3 cm³/mol. The molecule has 2 heterocycles. The van der Waals surface area contributed by atoms with Gasteiger partial charge in [-0.25, -0.2) is 13.4 Å². The molecule has 1 amide bonds. The van der Waals surface area contributed by atoms with E-state index in [0.29, 0.717) is 10.2 Å². The highest BCUT2D eigenvalue weighted by molar-refractivity contribution is 7.91. The van der Waals surface area contributed by atoms with Crippen LogP contribution in [0.15, 0.2) is 56.4 Å². The van der Waals surface area contributed by atoms with Crippen LogP contribution in [0.2, 0.25) is 5.02 Å². The molecule has 3 aromatic rings. The largest absolute Gasteiger partial charge is 0.298 e. The fourth-order valence-electron chi connectivity index (χ4n) is 1.85. The Morgan fingerprint density at radius 3 is 2.57 bits per heavy atom. The average molecular weight is 385 g/mol. The standard InChI is InChI=1S/C14H9ClN2O3S3/c15-9-1-3-10(4-2-9)23(19,20)12-8-21-7-11(12)13(18)17-14-16-5-6-22-14/h1-8H,(H,16,17,18). The number of thiazole rings is 1. The van der Waals surface area contributed by atoms with E-state index in [4.69, 9.17) is 11.6 Å². The third kappa shape index (κ3) is 3.30. The SMILES string of the molecule is O=C(Nc1nccs1)c1cscc1S(=O)(=O)c1ccc(Cl)cc1. The number of amides is 1. The predicted octanol–water partition coefficient (Wildman–Crippen LogP) is 3.94. The Kier molecular flexibility index (Phi) is 4.49. The molecule has 0 spiro atoms. The van der Waals surface area contributed by atoms with Crippen LogP contribution in [0, 0.1) is 0 Å². The quantitative estimate of drug-likeness (QED) is 0.739. The number of rotatable bonds is 4. The molecule has 5 nitrogen and oxygen atoms in total. The molecule has 0 aliphatic heterocycles. The van der Waals surface area contributed by atoms with Gasteiger partial charge in [-0.1, -0.05) is 11.6 Å². The lowest BCUT2D eigenvalue weighted by Crippen LogP contribution is -2.15. The molecular formula is C14H9ClN2O3S3. The molecule has 0 unspecified atom stereocenters. The Morgan fingerprint density at radius 2 is 1.91 bits per heavy atom. The number of carbonyl (C=O) groups is 1. The number of hydrogen-bond donors (Lipinski definition) is 1. The molecule has 118 valence electrons. The molecule has 0 saturated carbocycles. The maximum atomic E-state index is 12.7. The van der Waals surface area contributed by atoms with Crippen molar-refractivity contribution in [3.8, 4) is 0 Å². The monoisotopic (exact) mass is 384 g/mol. The number of benzene rings is 1. The van der Waals surface area contributed by atoms with Crippen molar-refractivity contribution in [2.24, 2.45) is 0 Å². The first-order valence-corrected chi connectivity index (χ1v) is 9.94. The Balaban J connectivity index is 1.96. The number of anilines is 1. The fraction of sp³-hybridized carbons (Fsp3) is 0. The van der Waals surface area contributed by atoms with Crippen molar-refractivity contribution < 1.29 is 13.2 Å². The fourth-order valence-corrected chi connectivity index (χ4v) is 5.13.